The number of anilines is 1. The van der Waals surface area contributed by atoms with Gasteiger partial charge in [0.2, 0.25) is 0 Å². The summed E-state index contributed by atoms with van der Waals surface area (Å²) in [5.74, 6) is 0. The van der Waals surface area contributed by atoms with E-state index in [1.54, 1.807) is 6.07 Å². The molecule has 3 aromatic rings. The summed E-state index contributed by atoms with van der Waals surface area (Å²) in [6.45, 7) is 0. The van der Waals surface area contributed by atoms with Gasteiger partial charge in [-0.05, 0) is 35.7 Å². The SMILES string of the molecule is FC(F)(F)c1cccc(CC(Nc2ccccc2)c2ccccc2)c1. The first kappa shape index (κ1) is 17.1. The lowest BCUT2D eigenvalue weighted by Crippen LogP contribution is -2.14. The summed E-state index contributed by atoms with van der Waals surface area (Å²) in [7, 11) is 0. The normalized spacial score (nSPS) is 12.6. The summed E-state index contributed by atoms with van der Waals surface area (Å²) in [5, 5.41) is 3.42. The molecule has 0 bridgehead atoms. The lowest BCUT2D eigenvalue weighted by molar-refractivity contribution is -0.137. The molecule has 1 N–H and O–H groups in total. The molecule has 0 aliphatic carbocycles. The summed E-state index contributed by atoms with van der Waals surface area (Å²) >= 11 is 0. The molecule has 0 aliphatic heterocycles. The van der Waals surface area contributed by atoms with Crippen molar-refractivity contribution in [3.63, 3.8) is 0 Å². The molecule has 25 heavy (non-hydrogen) atoms. The predicted molar refractivity (Wildman–Crippen MR) is 94.4 cm³/mol. The van der Waals surface area contributed by atoms with E-state index >= 15 is 0 Å². The number of benzene rings is 3. The van der Waals surface area contributed by atoms with Gasteiger partial charge in [0.1, 0.15) is 0 Å². The highest BCUT2D eigenvalue weighted by atomic mass is 19.4. The van der Waals surface area contributed by atoms with Crippen LogP contribution in [0.4, 0.5) is 18.9 Å². The molecule has 0 heterocycles. The maximum Gasteiger partial charge on any atom is 0.416 e. The van der Waals surface area contributed by atoms with E-state index in [4.69, 9.17) is 0 Å². The van der Waals surface area contributed by atoms with Crippen LogP contribution in [0.1, 0.15) is 22.7 Å². The van der Waals surface area contributed by atoms with Crippen LogP contribution in [-0.2, 0) is 12.6 Å². The second kappa shape index (κ2) is 7.43. The standard InChI is InChI=1S/C21H18F3N/c22-21(23,24)18-11-7-8-16(14-18)15-20(17-9-3-1-4-10-17)25-19-12-5-2-6-13-19/h1-14,20,25H,15H2. The maximum absolute atomic E-state index is 13.0. The third-order valence-electron chi connectivity index (χ3n) is 4.01. The fourth-order valence-electron chi connectivity index (χ4n) is 2.78. The third kappa shape index (κ3) is 4.63. The fraction of sp³-hybridized carbons (Fsp3) is 0.143. The van der Waals surface area contributed by atoms with Gasteiger partial charge in [-0.15, -0.1) is 0 Å². The van der Waals surface area contributed by atoms with E-state index in [0.717, 1.165) is 17.3 Å². The van der Waals surface area contributed by atoms with Crippen molar-refractivity contribution in [3.05, 3.63) is 102 Å². The molecule has 1 unspecified atom stereocenters. The molecule has 3 aromatic carbocycles. The van der Waals surface area contributed by atoms with Crippen molar-refractivity contribution in [1.82, 2.24) is 0 Å². The van der Waals surface area contributed by atoms with Gasteiger partial charge in [-0.3, -0.25) is 0 Å². The number of rotatable bonds is 5. The van der Waals surface area contributed by atoms with Crippen molar-refractivity contribution in [2.45, 2.75) is 18.6 Å². The summed E-state index contributed by atoms with van der Waals surface area (Å²) in [5.41, 5.74) is 2.00. The van der Waals surface area contributed by atoms with E-state index in [0.29, 0.717) is 12.0 Å². The third-order valence-corrected chi connectivity index (χ3v) is 4.01. The fourth-order valence-corrected chi connectivity index (χ4v) is 2.78. The number of halogens is 3. The Bertz CT molecular complexity index is 798. The van der Waals surface area contributed by atoms with Crippen LogP contribution in [0, 0.1) is 0 Å². The number of alkyl halides is 3. The van der Waals surface area contributed by atoms with Gasteiger partial charge in [-0.1, -0.05) is 66.7 Å². The first-order valence-electron chi connectivity index (χ1n) is 8.05. The Morgan fingerprint density at radius 2 is 1.40 bits per heavy atom. The van der Waals surface area contributed by atoms with Gasteiger partial charge in [0.05, 0.1) is 11.6 Å². The summed E-state index contributed by atoms with van der Waals surface area (Å²) < 4.78 is 38.9. The highest BCUT2D eigenvalue weighted by Gasteiger charge is 2.30. The Morgan fingerprint density at radius 1 is 0.760 bits per heavy atom. The van der Waals surface area contributed by atoms with Crippen molar-refractivity contribution >= 4 is 5.69 Å². The van der Waals surface area contributed by atoms with Crippen LogP contribution in [0.25, 0.3) is 0 Å². The predicted octanol–water partition coefficient (Wildman–Crippen LogP) is 6.10. The molecular weight excluding hydrogens is 323 g/mol. The van der Waals surface area contributed by atoms with Crippen LogP contribution in [0.3, 0.4) is 0 Å². The minimum Gasteiger partial charge on any atom is -0.378 e. The van der Waals surface area contributed by atoms with E-state index in [2.05, 4.69) is 5.32 Å². The van der Waals surface area contributed by atoms with Crippen LogP contribution in [0.5, 0.6) is 0 Å². The Morgan fingerprint density at radius 3 is 2.04 bits per heavy atom. The summed E-state index contributed by atoms with van der Waals surface area (Å²) in [6.07, 6.45) is -3.87. The molecule has 0 saturated carbocycles. The van der Waals surface area contributed by atoms with Crippen molar-refractivity contribution in [2.24, 2.45) is 0 Å². The van der Waals surface area contributed by atoms with E-state index in [-0.39, 0.29) is 6.04 Å². The Kier molecular flexibility index (Phi) is 5.08. The lowest BCUT2D eigenvalue weighted by atomic mass is 9.97. The topological polar surface area (TPSA) is 12.0 Å². The number of hydrogen-bond acceptors (Lipinski definition) is 1. The van der Waals surface area contributed by atoms with E-state index in [1.807, 2.05) is 60.7 Å². The summed E-state index contributed by atoms with van der Waals surface area (Å²) in [6, 6.07) is 24.8. The van der Waals surface area contributed by atoms with Crippen LogP contribution in [0.15, 0.2) is 84.9 Å². The minimum atomic E-state index is -4.33. The van der Waals surface area contributed by atoms with Crippen LogP contribution < -0.4 is 5.32 Å². The molecule has 128 valence electrons. The highest BCUT2D eigenvalue weighted by molar-refractivity contribution is 5.46. The van der Waals surface area contributed by atoms with Gasteiger partial charge in [0.15, 0.2) is 0 Å². The summed E-state index contributed by atoms with van der Waals surface area (Å²) in [4.78, 5) is 0. The quantitative estimate of drug-likeness (QED) is 0.591. The Hall–Kier alpha value is -2.75. The van der Waals surface area contributed by atoms with Gasteiger partial charge in [0, 0.05) is 5.69 Å². The maximum atomic E-state index is 13.0. The Balaban J connectivity index is 1.88. The molecule has 0 fully saturated rings. The number of para-hydroxylation sites is 1. The van der Waals surface area contributed by atoms with Gasteiger partial charge >= 0.3 is 6.18 Å². The zero-order chi connectivity index (χ0) is 17.7. The van der Waals surface area contributed by atoms with E-state index in [9.17, 15) is 13.2 Å². The molecule has 3 rings (SSSR count). The second-order valence-corrected chi connectivity index (χ2v) is 5.88. The zero-order valence-electron chi connectivity index (χ0n) is 13.5. The van der Waals surface area contributed by atoms with Crippen molar-refractivity contribution in [1.29, 1.82) is 0 Å². The second-order valence-electron chi connectivity index (χ2n) is 5.88. The van der Waals surface area contributed by atoms with Gasteiger partial charge < -0.3 is 5.32 Å². The van der Waals surface area contributed by atoms with Crippen molar-refractivity contribution in [2.75, 3.05) is 5.32 Å². The Labute approximate surface area is 145 Å². The van der Waals surface area contributed by atoms with Gasteiger partial charge in [-0.2, -0.15) is 13.2 Å². The van der Waals surface area contributed by atoms with Gasteiger partial charge in [0.25, 0.3) is 0 Å². The molecular formula is C21H18F3N. The van der Waals surface area contributed by atoms with E-state index in [1.165, 1.54) is 12.1 Å². The molecule has 4 heteroatoms. The van der Waals surface area contributed by atoms with Gasteiger partial charge in [-0.25, -0.2) is 0 Å². The smallest absolute Gasteiger partial charge is 0.378 e. The average molecular weight is 341 g/mol. The number of nitrogens with one attached hydrogen (secondary N) is 1. The molecule has 0 saturated heterocycles. The molecule has 0 spiro atoms. The minimum absolute atomic E-state index is 0.118. The van der Waals surface area contributed by atoms with Crippen LogP contribution >= 0.6 is 0 Å². The first-order chi connectivity index (χ1) is 12.0. The largest absolute Gasteiger partial charge is 0.416 e. The molecule has 0 aliphatic rings. The number of hydrogen-bond donors (Lipinski definition) is 1. The first-order valence-corrected chi connectivity index (χ1v) is 8.05. The molecule has 0 radical (unpaired) electrons. The molecule has 1 nitrogen and oxygen atoms in total. The van der Waals surface area contributed by atoms with Crippen molar-refractivity contribution < 1.29 is 13.2 Å². The lowest BCUT2D eigenvalue weighted by Gasteiger charge is -2.21. The molecule has 0 amide bonds. The van der Waals surface area contributed by atoms with E-state index < -0.39 is 11.7 Å². The highest BCUT2D eigenvalue weighted by Crippen LogP contribution is 2.31. The average Bonchev–Trinajstić information content (AvgIpc) is 2.62. The van der Waals surface area contributed by atoms with Crippen LogP contribution in [-0.4, -0.2) is 0 Å². The molecule has 0 aromatic heterocycles. The monoisotopic (exact) mass is 341 g/mol. The van der Waals surface area contributed by atoms with Crippen molar-refractivity contribution in [3.8, 4) is 0 Å². The molecule has 1 atom stereocenters. The zero-order valence-corrected chi connectivity index (χ0v) is 13.5. The van der Waals surface area contributed by atoms with Crippen LogP contribution in [0.2, 0.25) is 0 Å².